The van der Waals surface area contributed by atoms with E-state index in [4.69, 9.17) is 9.47 Å². The van der Waals surface area contributed by atoms with E-state index in [0.717, 1.165) is 45.9 Å². The lowest BCUT2D eigenvalue weighted by Gasteiger charge is -2.15. The summed E-state index contributed by atoms with van der Waals surface area (Å²) in [5.74, 6) is 0.734. The number of likely N-dealkylation sites (tertiary alicyclic amines) is 1. The zero-order valence-corrected chi connectivity index (χ0v) is 22.9. The predicted molar refractivity (Wildman–Crippen MR) is 160 cm³/mol. The highest BCUT2D eigenvalue weighted by molar-refractivity contribution is 7.22. The number of fused-ring (bicyclic) bond motifs is 1. The average molecular weight is 548 g/mol. The van der Waals surface area contributed by atoms with Crippen LogP contribution in [-0.4, -0.2) is 42.9 Å². The third-order valence-corrected chi connectivity index (χ3v) is 8.34. The van der Waals surface area contributed by atoms with E-state index in [2.05, 4.69) is 4.90 Å². The molecule has 0 aliphatic carbocycles. The molecule has 5 nitrogen and oxygen atoms in total. The molecule has 6 heteroatoms. The summed E-state index contributed by atoms with van der Waals surface area (Å²) in [6.45, 7) is 3.85. The van der Waals surface area contributed by atoms with Crippen LogP contribution in [-0.2, 0) is 0 Å². The molecule has 0 N–H and O–H groups in total. The van der Waals surface area contributed by atoms with Crippen LogP contribution in [0.2, 0.25) is 0 Å². The van der Waals surface area contributed by atoms with Crippen LogP contribution in [0.15, 0.2) is 103 Å². The van der Waals surface area contributed by atoms with E-state index < -0.39 is 5.97 Å². The van der Waals surface area contributed by atoms with Crippen LogP contribution in [0, 0.1) is 0 Å². The lowest BCUT2D eigenvalue weighted by molar-refractivity contribution is 0.0734. The van der Waals surface area contributed by atoms with Crippen LogP contribution in [0.1, 0.15) is 39.1 Å². The lowest BCUT2D eigenvalue weighted by Crippen LogP contribution is -2.25. The first kappa shape index (κ1) is 26.0. The number of nitrogens with zero attached hydrogens (tertiary/aromatic N) is 1. The SMILES string of the molecule is O=C(Oc1ccc2c(C(=O)c3ccc(OCCN4CCCC4)cc3)c(-c3ccccc3)sc2c1)c1ccccc1. The summed E-state index contributed by atoms with van der Waals surface area (Å²) in [6, 6.07) is 31.7. The Labute approximate surface area is 237 Å². The van der Waals surface area contributed by atoms with Gasteiger partial charge in [-0.2, -0.15) is 0 Å². The summed E-state index contributed by atoms with van der Waals surface area (Å²) in [5.41, 5.74) is 2.70. The van der Waals surface area contributed by atoms with Crippen LogP contribution in [0.25, 0.3) is 20.5 Å². The summed E-state index contributed by atoms with van der Waals surface area (Å²) in [5, 5.41) is 0.833. The minimum absolute atomic E-state index is 0.0530. The van der Waals surface area contributed by atoms with Crippen molar-refractivity contribution in [3.8, 4) is 21.9 Å². The first-order chi connectivity index (χ1) is 19.7. The van der Waals surface area contributed by atoms with Gasteiger partial charge in [-0.3, -0.25) is 9.69 Å². The molecule has 5 aromatic rings. The number of carbonyl (C=O) groups is 2. The Morgan fingerprint density at radius 1 is 0.750 bits per heavy atom. The Morgan fingerprint density at radius 3 is 2.15 bits per heavy atom. The van der Waals surface area contributed by atoms with Gasteiger partial charge in [0.25, 0.3) is 0 Å². The second-order valence-corrected chi connectivity index (χ2v) is 10.9. The van der Waals surface area contributed by atoms with Crippen molar-refractivity contribution in [3.05, 3.63) is 120 Å². The molecule has 0 bridgehead atoms. The normalized spacial score (nSPS) is 13.4. The molecular formula is C34H29NO4S. The molecule has 1 saturated heterocycles. The maximum atomic E-state index is 13.9. The highest BCUT2D eigenvalue weighted by Crippen LogP contribution is 2.41. The predicted octanol–water partition coefficient (Wildman–Crippen LogP) is 7.49. The minimum Gasteiger partial charge on any atom is -0.492 e. The van der Waals surface area contributed by atoms with E-state index >= 15 is 0 Å². The summed E-state index contributed by atoms with van der Waals surface area (Å²) in [6.07, 6.45) is 2.53. The van der Waals surface area contributed by atoms with Gasteiger partial charge in [-0.1, -0.05) is 48.5 Å². The Kier molecular flexibility index (Phi) is 7.71. The van der Waals surface area contributed by atoms with Gasteiger partial charge in [-0.05, 0) is 86.1 Å². The van der Waals surface area contributed by atoms with E-state index in [1.165, 1.54) is 24.2 Å². The molecule has 200 valence electrons. The van der Waals surface area contributed by atoms with E-state index in [0.29, 0.717) is 29.0 Å². The van der Waals surface area contributed by atoms with Crippen molar-refractivity contribution in [1.82, 2.24) is 4.90 Å². The molecule has 40 heavy (non-hydrogen) atoms. The zero-order chi connectivity index (χ0) is 27.3. The third kappa shape index (κ3) is 5.69. The molecule has 1 aliphatic rings. The van der Waals surface area contributed by atoms with Crippen LogP contribution in [0.5, 0.6) is 11.5 Å². The number of hydrogen-bond donors (Lipinski definition) is 0. The molecule has 0 amide bonds. The van der Waals surface area contributed by atoms with E-state index in [-0.39, 0.29) is 5.78 Å². The van der Waals surface area contributed by atoms with Gasteiger partial charge in [-0.25, -0.2) is 4.79 Å². The number of benzene rings is 4. The van der Waals surface area contributed by atoms with E-state index in [1.54, 1.807) is 30.3 Å². The first-order valence-electron chi connectivity index (χ1n) is 13.5. The zero-order valence-electron chi connectivity index (χ0n) is 22.0. The van der Waals surface area contributed by atoms with Gasteiger partial charge in [0.15, 0.2) is 5.78 Å². The highest BCUT2D eigenvalue weighted by Gasteiger charge is 2.22. The molecule has 0 atom stereocenters. The second kappa shape index (κ2) is 11.9. The smallest absolute Gasteiger partial charge is 0.343 e. The molecule has 0 unspecified atom stereocenters. The topological polar surface area (TPSA) is 55.8 Å². The van der Waals surface area contributed by atoms with Gasteiger partial charge in [0.05, 0.1) is 5.56 Å². The average Bonchev–Trinajstić information content (AvgIpc) is 3.66. The number of ether oxygens (including phenoxy) is 2. The molecule has 4 aromatic carbocycles. The summed E-state index contributed by atoms with van der Waals surface area (Å²) >= 11 is 1.52. The number of carbonyl (C=O) groups excluding carboxylic acids is 2. The van der Waals surface area contributed by atoms with Crippen molar-refractivity contribution in [3.63, 3.8) is 0 Å². The van der Waals surface area contributed by atoms with Crippen LogP contribution in [0.3, 0.4) is 0 Å². The molecule has 1 aliphatic heterocycles. The molecule has 0 spiro atoms. The molecule has 2 heterocycles. The van der Waals surface area contributed by atoms with Gasteiger partial charge in [0, 0.05) is 32.6 Å². The maximum absolute atomic E-state index is 13.9. The van der Waals surface area contributed by atoms with Crippen molar-refractivity contribution in [2.45, 2.75) is 12.8 Å². The number of rotatable bonds is 9. The largest absolute Gasteiger partial charge is 0.492 e. The number of hydrogen-bond acceptors (Lipinski definition) is 6. The Hall–Kier alpha value is -4.26. The molecule has 6 rings (SSSR count). The Balaban J connectivity index is 1.27. The summed E-state index contributed by atoms with van der Waals surface area (Å²) in [4.78, 5) is 29.9. The van der Waals surface area contributed by atoms with Gasteiger partial charge >= 0.3 is 5.97 Å². The molecule has 1 fully saturated rings. The van der Waals surface area contributed by atoms with Crippen molar-refractivity contribution in [2.24, 2.45) is 0 Å². The third-order valence-electron chi connectivity index (χ3n) is 7.14. The first-order valence-corrected chi connectivity index (χ1v) is 14.4. The van der Waals surface area contributed by atoms with Crippen molar-refractivity contribution in [1.29, 1.82) is 0 Å². The second-order valence-electron chi connectivity index (χ2n) is 9.84. The molecule has 0 saturated carbocycles. The maximum Gasteiger partial charge on any atom is 0.343 e. The van der Waals surface area contributed by atoms with Gasteiger partial charge in [0.2, 0.25) is 0 Å². The lowest BCUT2D eigenvalue weighted by atomic mass is 9.97. The fraction of sp³-hybridized carbons (Fsp3) is 0.176. The van der Waals surface area contributed by atoms with Crippen LogP contribution >= 0.6 is 11.3 Å². The number of esters is 1. The van der Waals surface area contributed by atoms with Crippen molar-refractivity contribution < 1.29 is 19.1 Å². The number of ketones is 1. The van der Waals surface area contributed by atoms with Gasteiger partial charge in [-0.15, -0.1) is 11.3 Å². The molecular weight excluding hydrogens is 518 g/mol. The fourth-order valence-corrected chi connectivity index (χ4v) is 6.28. The van der Waals surface area contributed by atoms with Gasteiger partial charge < -0.3 is 9.47 Å². The van der Waals surface area contributed by atoms with Crippen molar-refractivity contribution in [2.75, 3.05) is 26.2 Å². The highest BCUT2D eigenvalue weighted by atomic mass is 32.1. The minimum atomic E-state index is -0.418. The van der Waals surface area contributed by atoms with Crippen LogP contribution in [0.4, 0.5) is 0 Å². The van der Waals surface area contributed by atoms with Crippen molar-refractivity contribution >= 4 is 33.2 Å². The summed E-state index contributed by atoms with van der Waals surface area (Å²) < 4.78 is 12.5. The molecule has 0 radical (unpaired) electrons. The van der Waals surface area contributed by atoms with E-state index in [1.807, 2.05) is 72.8 Å². The molecule has 1 aromatic heterocycles. The Bertz CT molecular complexity index is 1620. The quantitative estimate of drug-likeness (QED) is 0.109. The number of thiophene rings is 1. The fourth-order valence-electron chi connectivity index (χ4n) is 5.04. The van der Waals surface area contributed by atoms with Crippen LogP contribution < -0.4 is 9.47 Å². The standard InChI is InChI=1S/C34H29NO4S/c36-32(24-13-15-27(16-14-24)38-22-21-35-19-7-8-20-35)31-29-18-17-28(39-34(37)26-11-5-2-6-12-26)23-30(29)40-33(31)25-9-3-1-4-10-25/h1-6,9-18,23H,7-8,19-22H2. The monoisotopic (exact) mass is 547 g/mol. The van der Waals surface area contributed by atoms with Gasteiger partial charge in [0.1, 0.15) is 18.1 Å². The van der Waals surface area contributed by atoms with E-state index in [9.17, 15) is 9.59 Å². The summed E-state index contributed by atoms with van der Waals surface area (Å²) in [7, 11) is 0. The Morgan fingerprint density at radius 2 is 1.43 bits per heavy atom.